The lowest BCUT2D eigenvalue weighted by molar-refractivity contribution is -0.158. The molecule has 0 aliphatic rings. The average Bonchev–Trinajstić information content (AvgIpc) is 2.37. The molecule has 0 saturated carbocycles. The summed E-state index contributed by atoms with van der Waals surface area (Å²) >= 11 is 0. The Balaban J connectivity index is 3.00. The molecule has 1 rings (SSSR count). The number of nitrogens with one attached hydrogen (secondary N) is 1. The number of aliphatic carboxylic acids is 1. The molecule has 0 aliphatic carbocycles. The summed E-state index contributed by atoms with van der Waals surface area (Å²) in [4.78, 5) is 10.4. The summed E-state index contributed by atoms with van der Waals surface area (Å²) in [7, 11) is 0. The first kappa shape index (κ1) is 7.67. The molecule has 0 bridgehead atoms. The van der Waals surface area contributed by atoms with E-state index in [0.29, 0.717) is 0 Å². The summed E-state index contributed by atoms with van der Waals surface area (Å²) in [6.07, 6.45) is 1.16. The zero-order chi connectivity index (χ0) is 8.48. The molecule has 1 heterocycles. The van der Waals surface area contributed by atoms with Gasteiger partial charge in [-0.2, -0.15) is 15.4 Å². The topological polar surface area (TPSA) is 99.1 Å². The molecule has 0 radical (unpaired) electrons. The highest BCUT2D eigenvalue weighted by atomic mass is 16.4. The first-order valence-electron chi connectivity index (χ1n) is 2.87. The Morgan fingerprint density at radius 1 is 1.82 bits per heavy atom. The van der Waals surface area contributed by atoms with Crippen molar-refractivity contribution in [1.82, 2.24) is 15.4 Å². The average molecular weight is 157 g/mol. The van der Waals surface area contributed by atoms with Crippen LogP contribution in [0.5, 0.6) is 0 Å². The lowest BCUT2D eigenvalue weighted by Crippen LogP contribution is -2.32. The van der Waals surface area contributed by atoms with Crippen LogP contribution in [0.15, 0.2) is 6.20 Å². The van der Waals surface area contributed by atoms with E-state index >= 15 is 0 Å². The lowest BCUT2D eigenvalue weighted by atomic mass is 10.0. The van der Waals surface area contributed by atoms with Crippen LogP contribution in [0.1, 0.15) is 12.6 Å². The fourth-order valence-corrected chi connectivity index (χ4v) is 0.546. The largest absolute Gasteiger partial charge is 0.479 e. The number of carbonyl (C=O) groups is 1. The standard InChI is InChI=1S/C5H7N3O3/c1-5(11,4(9)10)3-2-6-8-7-3/h2,11H,1H3,(H,9,10)(H,6,7,8). The second-order valence-corrected chi connectivity index (χ2v) is 2.23. The first-order valence-corrected chi connectivity index (χ1v) is 2.87. The fourth-order valence-electron chi connectivity index (χ4n) is 0.546. The van der Waals surface area contributed by atoms with Crippen molar-refractivity contribution < 1.29 is 15.0 Å². The van der Waals surface area contributed by atoms with Gasteiger partial charge in [-0.1, -0.05) is 0 Å². The SMILES string of the molecule is CC(O)(C(=O)O)c1cn[nH]n1. The zero-order valence-electron chi connectivity index (χ0n) is 5.77. The summed E-state index contributed by atoms with van der Waals surface area (Å²) in [6, 6.07) is 0. The van der Waals surface area contributed by atoms with Crippen LogP contribution in [0.25, 0.3) is 0 Å². The summed E-state index contributed by atoms with van der Waals surface area (Å²) < 4.78 is 0. The molecule has 0 spiro atoms. The van der Waals surface area contributed by atoms with E-state index in [0.717, 1.165) is 13.1 Å². The number of carboxylic acid groups (broad SMARTS) is 1. The van der Waals surface area contributed by atoms with Crippen molar-refractivity contribution in [2.24, 2.45) is 0 Å². The van der Waals surface area contributed by atoms with Crippen LogP contribution < -0.4 is 0 Å². The number of hydrogen-bond acceptors (Lipinski definition) is 4. The van der Waals surface area contributed by atoms with E-state index in [-0.39, 0.29) is 5.69 Å². The van der Waals surface area contributed by atoms with Gasteiger partial charge in [0.1, 0.15) is 5.69 Å². The number of rotatable bonds is 2. The molecule has 1 atom stereocenters. The molecule has 6 heteroatoms. The molecule has 0 amide bonds. The second-order valence-electron chi connectivity index (χ2n) is 2.23. The molecular formula is C5H7N3O3. The van der Waals surface area contributed by atoms with Crippen LogP contribution in [0.2, 0.25) is 0 Å². The first-order chi connectivity index (χ1) is 5.05. The maximum Gasteiger partial charge on any atom is 0.341 e. The Bertz CT molecular complexity index is 254. The van der Waals surface area contributed by atoms with Crippen molar-refractivity contribution in [2.75, 3.05) is 0 Å². The van der Waals surface area contributed by atoms with Crippen molar-refractivity contribution in [2.45, 2.75) is 12.5 Å². The predicted octanol–water partition coefficient (Wildman–Crippen LogP) is -0.903. The van der Waals surface area contributed by atoms with Crippen molar-refractivity contribution in [3.63, 3.8) is 0 Å². The van der Waals surface area contributed by atoms with Gasteiger partial charge >= 0.3 is 5.97 Å². The van der Waals surface area contributed by atoms with E-state index in [1.807, 2.05) is 0 Å². The van der Waals surface area contributed by atoms with Crippen molar-refractivity contribution in [3.8, 4) is 0 Å². The minimum Gasteiger partial charge on any atom is -0.479 e. The van der Waals surface area contributed by atoms with Gasteiger partial charge in [-0.25, -0.2) is 4.79 Å². The van der Waals surface area contributed by atoms with Crippen LogP contribution in [0.4, 0.5) is 0 Å². The highest BCUT2D eigenvalue weighted by Gasteiger charge is 2.34. The third kappa shape index (κ3) is 1.20. The predicted molar refractivity (Wildman–Crippen MR) is 33.6 cm³/mol. The van der Waals surface area contributed by atoms with Gasteiger partial charge in [-0.15, -0.1) is 0 Å². The van der Waals surface area contributed by atoms with Gasteiger partial charge in [-0.3, -0.25) is 0 Å². The number of aliphatic hydroxyl groups is 1. The van der Waals surface area contributed by atoms with E-state index in [1.54, 1.807) is 0 Å². The van der Waals surface area contributed by atoms with Gasteiger partial charge in [0.25, 0.3) is 0 Å². The monoisotopic (exact) mass is 157 g/mol. The van der Waals surface area contributed by atoms with Gasteiger partial charge < -0.3 is 10.2 Å². The molecule has 0 aromatic carbocycles. The smallest absolute Gasteiger partial charge is 0.341 e. The van der Waals surface area contributed by atoms with E-state index in [1.165, 1.54) is 0 Å². The molecule has 60 valence electrons. The second kappa shape index (κ2) is 2.31. The Kier molecular flexibility index (Phi) is 1.61. The van der Waals surface area contributed by atoms with E-state index in [2.05, 4.69) is 15.4 Å². The molecule has 0 fully saturated rings. The fraction of sp³-hybridized carbons (Fsp3) is 0.400. The number of aromatic amines is 1. The molecule has 1 aromatic rings. The summed E-state index contributed by atoms with van der Waals surface area (Å²) in [5.41, 5.74) is -1.97. The number of carboxylic acids is 1. The van der Waals surface area contributed by atoms with Gasteiger partial charge in [-0.05, 0) is 6.92 Å². The lowest BCUT2D eigenvalue weighted by Gasteiger charge is -2.12. The normalized spacial score (nSPS) is 15.8. The van der Waals surface area contributed by atoms with Crippen LogP contribution in [0.3, 0.4) is 0 Å². The molecule has 1 unspecified atom stereocenters. The van der Waals surface area contributed by atoms with Crippen LogP contribution in [-0.2, 0) is 10.4 Å². The van der Waals surface area contributed by atoms with Crippen LogP contribution in [0, 0.1) is 0 Å². The highest BCUT2D eigenvalue weighted by Crippen LogP contribution is 2.16. The third-order valence-corrected chi connectivity index (χ3v) is 1.33. The summed E-state index contributed by atoms with van der Waals surface area (Å²) in [5.74, 6) is -1.36. The summed E-state index contributed by atoms with van der Waals surface area (Å²) in [5, 5.41) is 26.7. The summed E-state index contributed by atoms with van der Waals surface area (Å²) in [6.45, 7) is 1.13. The Morgan fingerprint density at radius 3 is 2.82 bits per heavy atom. The van der Waals surface area contributed by atoms with E-state index in [4.69, 9.17) is 5.11 Å². The molecule has 11 heavy (non-hydrogen) atoms. The van der Waals surface area contributed by atoms with Crippen molar-refractivity contribution >= 4 is 5.97 Å². The van der Waals surface area contributed by atoms with Crippen molar-refractivity contribution in [1.29, 1.82) is 0 Å². The molecular weight excluding hydrogens is 150 g/mol. The minimum atomic E-state index is -1.97. The molecule has 6 nitrogen and oxygen atoms in total. The van der Waals surface area contributed by atoms with Gasteiger partial charge in [0.05, 0.1) is 6.20 Å². The van der Waals surface area contributed by atoms with E-state index in [9.17, 15) is 9.90 Å². The van der Waals surface area contributed by atoms with Gasteiger partial charge in [0.2, 0.25) is 5.60 Å². The number of nitrogens with zero attached hydrogens (tertiary/aromatic N) is 2. The zero-order valence-corrected chi connectivity index (χ0v) is 5.77. The van der Waals surface area contributed by atoms with Gasteiger partial charge in [0, 0.05) is 0 Å². The van der Waals surface area contributed by atoms with Crippen LogP contribution in [-0.4, -0.2) is 31.6 Å². The highest BCUT2D eigenvalue weighted by molar-refractivity contribution is 5.77. The molecule has 1 aromatic heterocycles. The van der Waals surface area contributed by atoms with Crippen molar-refractivity contribution in [3.05, 3.63) is 11.9 Å². The van der Waals surface area contributed by atoms with E-state index < -0.39 is 11.6 Å². The molecule has 0 aliphatic heterocycles. The maximum atomic E-state index is 10.4. The number of hydrogen-bond donors (Lipinski definition) is 3. The number of H-pyrrole nitrogens is 1. The van der Waals surface area contributed by atoms with Gasteiger partial charge in [0.15, 0.2) is 0 Å². The third-order valence-electron chi connectivity index (χ3n) is 1.33. The Morgan fingerprint density at radius 2 is 2.45 bits per heavy atom. The molecule has 3 N–H and O–H groups in total. The number of aromatic nitrogens is 3. The molecule has 0 saturated heterocycles. The maximum absolute atomic E-state index is 10.4. The quantitative estimate of drug-likeness (QED) is 0.516. The Labute approximate surface area is 61.9 Å². The van der Waals surface area contributed by atoms with Crippen LogP contribution >= 0.6 is 0 Å². The Hall–Kier alpha value is -1.43. The minimum absolute atomic E-state index is 0.00926.